The third-order valence-corrected chi connectivity index (χ3v) is 9.85. The fourth-order valence-electron chi connectivity index (χ4n) is 7.64. The molecule has 3 nitrogen and oxygen atoms in total. The Balaban J connectivity index is 1.16. The summed E-state index contributed by atoms with van der Waals surface area (Å²) in [6, 6.07) is 49.9. The van der Waals surface area contributed by atoms with Gasteiger partial charge >= 0.3 is 0 Å². The van der Waals surface area contributed by atoms with Gasteiger partial charge in [-0.05, 0) is 69.8 Å². The lowest BCUT2D eigenvalue weighted by atomic mass is 9.87. The van der Waals surface area contributed by atoms with E-state index in [-0.39, 0.29) is 6.04 Å². The predicted octanol–water partition coefficient (Wildman–Crippen LogP) is 11.1. The Kier molecular flexibility index (Phi) is 5.94. The molecule has 0 radical (unpaired) electrons. The second-order valence-electron chi connectivity index (χ2n) is 12.5. The average molecular weight is 615 g/mol. The molecule has 3 aliphatic rings. The van der Waals surface area contributed by atoms with E-state index in [2.05, 4.69) is 180 Å². The van der Waals surface area contributed by atoms with Crippen molar-refractivity contribution in [3.63, 3.8) is 0 Å². The largest absolute Gasteiger partial charge is 0.454 e. The summed E-state index contributed by atoms with van der Waals surface area (Å²) in [5.41, 5.74) is 13.9. The van der Waals surface area contributed by atoms with Crippen LogP contribution < -0.4 is 10.1 Å². The minimum atomic E-state index is 0.126. The first-order valence-electron chi connectivity index (χ1n) is 16.5. The molecule has 226 valence electrons. The molecule has 48 heavy (non-hydrogen) atoms. The highest BCUT2D eigenvalue weighted by Crippen LogP contribution is 2.51. The lowest BCUT2D eigenvalue weighted by Gasteiger charge is -2.29. The number of ether oxygens (including phenoxy) is 1. The molecule has 0 bridgehead atoms. The second kappa shape index (κ2) is 10.6. The van der Waals surface area contributed by atoms with Gasteiger partial charge in [0.1, 0.15) is 5.75 Å². The van der Waals surface area contributed by atoms with E-state index in [4.69, 9.17) is 4.74 Å². The number of para-hydroxylation sites is 2. The quantitative estimate of drug-likeness (QED) is 0.214. The molecule has 1 aromatic heterocycles. The van der Waals surface area contributed by atoms with Crippen LogP contribution in [0.25, 0.3) is 61.0 Å². The number of hydrogen-bond acceptors (Lipinski definition) is 2. The summed E-state index contributed by atoms with van der Waals surface area (Å²) in [4.78, 5) is 0. The van der Waals surface area contributed by atoms with E-state index < -0.39 is 0 Å². The van der Waals surface area contributed by atoms with Gasteiger partial charge in [-0.1, -0.05) is 133 Å². The number of benzene rings is 6. The number of aromatic nitrogens is 1. The average Bonchev–Trinajstić information content (AvgIpc) is 3.42. The van der Waals surface area contributed by atoms with Gasteiger partial charge in [0.25, 0.3) is 0 Å². The van der Waals surface area contributed by atoms with Crippen molar-refractivity contribution in [3.05, 3.63) is 187 Å². The monoisotopic (exact) mass is 614 g/mol. The van der Waals surface area contributed by atoms with Gasteiger partial charge in [0.2, 0.25) is 0 Å². The van der Waals surface area contributed by atoms with Crippen molar-refractivity contribution in [1.82, 2.24) is 9.88 Å². The van der Waals surface area contributed by atoms with Gasteiger partial charge in [0, 0.05) is 33.3 Å². The Hall–Kier alpha value is -6.32. The minimum Gasteiger partial charge on any atom is -0.454 e. The van der Waals surface area contributed by atoms with E-state index in [1.807, 2.05) is 0 Å². The summed E-state index contributed by atoms with van der Waals surface area (Å²) in [6.45, 7) is 0. The van der Waals surface area contributed by atoms with Crippen molar-refractivity contribution in [3.8, 4) is 39.4 Å². The van der Waals surface area contributed by atoms with Crippen LogP contribution in [0.2, 0.25) is 0 Å². The van der Waals surface area contributed by atoms with Crippen molar-refractivity contribution in [2.24, 2.45) is 0 Å². The van der Waals surface area contributed by atoms with Crippen LogP contribution in [-0.4, -0.2) is 10.6 Å². The molecular formula is C45H30N2O. The van der Waals surface area contributed by atoms with Gasteiger partial charge in [-0.15, -0.1) is 0 Å². The molecule has 1 N–H and O–H groups in total. The van der Waals surface area contributed by atoms with Crippen LogP contribution in [0.3, 0.4) is 0 Å². The number of dihydropyridines is 1. The predicted molar refractivity (Wildman–Crippen MR) is 198 cm³/mol. The Morgan fingerprint density at radius 1 is 0.562 bits per heavy atom. The fourth-order valence-corrected chi connectivity index (χ4v) is 7.64. The molecule has 0 saturated carbocycles. The molecular weight excluding hydrogens is 585 g/mol. The summed E-state index contributed by atoms with van der Waals surface area (Å²) in [7, 11) is 0. The molecule has 1 aliphatic carbocycles. The van der Waals surface area contributed by atoms with E-state index >= 15 is 0 Å². The highest BCUT2D eigenvalue weighted by atomic mass is 16.5. The zero-order valence-corrected chi connectivity index (χ0v) is 26.1. The third kappa shape index (κ3) is 4.08. The molecule has 1 unspecified atom stereocenters. The van der Waals surface area contributed by atoms with Gasteiger partial charge in [-0.3, -0.25) is 0 Å². The third-order valence-electron chi connectivity index (χ3n) is 9.85. The molecule has 0 saturated heterocycles. The summed E-state index contributed by atoms with van der Waals surface area (Å²) in [5.74, 6) is 1.75. The Bertz CT molecular complexity index is 2540. The Labute approximate surface area is 279 Å². The van der Waals surface area contributed by atoms with E-state index in [9.17, 15) is 0 Å². The Morgan fingerprint density at radius 3 is 2.15 bits per heavy atom. The minimum absolute atomic E-state index is 0.126. The van der Waals surface area contributed by atoms with Crippen LogP contribution in [0.5, 0.6) is 11.5 Å². The molecule has 2 aliphatic heterocycles. The summed E-state index contributed by atoms with van der Waals surface area (Å²) < 4.78 is 9.33. The number of allylic oxidation sites excluding steroid dienone is 4. The molecule has 0 fully saturated rings. The van der Waals surface area contributed by atoms with Crippen LogP contribution in [0.15, 0.2) is 175 Å². The van der Waals surface area contributed by atoms with E-state index in [1.54, 1.807) is 0 Å². The number of hydrogen-bond donors (Lipinski definition) is 1. The summed E-state index contributed by atoms with van der Waals surface area (Å²) in [5, 5.41) is 6.16. The first kappa shape index (κ1) is 26.9. The summed E-state index contributed by atoms with van der Waals surface area (Å²) in [6.07, 6.45) is 11.0. The van der Waals surface area contributed by atoms with Gasteiger partial charge in [0.05, 0.1) is 17.1 Å². The maximum Gasteiger partial charge on any atom is 0.159 e. The summed E-state index contributed by atoms with van der Waals surface area (Å²) >= 11 is 0. The van der Waals surface area contributed by atoms with Gasteiger partial charge in [-0.25, -0.2) is 0 Å². The van der Waals surface area contributed by atoms with Crippen LogP contribution in [0, 0.1) is 0 Å². The number of rotatable bonds is 3. The van der Waals surface area contributed by atoms with Crippen LogP contribution in [0.1, 0.15) is 11.1 Å². The molecule has 3 heterocycles. The maximum atomic E-state index is 6.96. The molecule has 0 spiro atoms. The number of nitrogens with zero attached hydrogens (tertiary/aromatic N) is 1. The SMILES string of the molecule is C1=CC2=C(c3ccccc3)C=C(c3ccc(-n4c5ccccc5c5ccc6c(c54)Oc4ccccc4-c4ccccc4-6)cc3)NC2C=C1. The van der Waals surface area contributed by atoms with E-state index in [1.165, 1.54) is 38.6 Å². The molecule has 3 heteroatoms. The number of nitrogens with one attached hydrogen (secondary N) is 1. The zero-order chi connectivity index (χ0) is 31.6. The highest BCUT2D eigenvalue weighted by Gasteiger charge is 2.26. The van der Waals surface area contributed by atoms with Gasteiger partial charge < -0.3 is 14.6 Å². The second-order valence-corrected chi connectivity index (χ2v) is 12.5. The van der Waals surface area contributed by atoms with Crippen molar-refractivity contribution in [1.29, 1.82) is 0 Å². The fraction of sp³-hybridized carbons (Fsp3) is 0.0222. The molecule has 1 atom stereocenters. The van der Waals surface area contributed by atoms with Crippen molar-refractivity contribution in [2.75, 3.05) is 0 Å². The van der Waals surface area contributed by atoms with Crippen molar-refractivity contribution in [2.45, 2.75) is 6.04 Å². The van der Waals surface area contributed by atoms with Crippen molar-refractivity contribution >= 4 is 33.1 Å². The topological polar surface area (TPSA) is 26.2 Å². The van der Waals surface area contributed by atoms with Crippen LogP contribution in [0.4, 0.5) is 0 Å². The molecule has 7 aromatic rings. The standard InChI is InChI=1S/C45H30N2O/c1-2-12-29(13-3-1)39-28-41(46-40-19-9-6-16-34(39)40)30-22-24-31(25-23-30)47-42-20-10-7-17-35(42)37-26-27-38-33-15-5-4-14-32(33)36-18-8-11-21-43(36)48-45(38)44(37)47/h1-28,40,46H. The smallest absolute Gasteiger partial charge is 0.159 e. The molecule has 6 aromatic carbocycles. The molecule has 10 rings (SSSR count). The van der Waals surface area contributed by atoms with Crippen molar-refractivity contribution < 1.29 is 4.74 Å². The van der Waals surface area contributed by atoms with Gasteiger partial charge in [0.15, 0.2) is 5.75 Å². The first-order chi connectivity index (χ1) is 23.8. The zero-order valence-electron chi connectivity index (χ0n) is 26.1. The van der Waals surface area contributed by atoms with Crippen LogP contribution >= 0.6 is 0 Å². The number of fused-ring (bicyclic) bond motifs is 10. The van der Waals surface area contributed by atoms with E-state index in [0.717, 1.165) is 50.6 Å². The lowest BCUT2D eigenvalue weighted by molar-refractivity contribution is 0.491. The Morgan fingerprint density at radius 2 is 1.29 bits per heavy atom. The van der Waals surface area contributed by atoms with E-state index in [0.29, 0.717) is 0 Å². The lowest BCUT2D eigenvalue weighted by Crippen LogP contribution is -2.31. The normalized spacial score (nSPS) is 15.9. The highest BCUT2D eigenvalue weighted by molar-refractivity contribution is 6.14. The van der Waals surface area contributed by atoms with Gasteiger partial charge in [-0.2, -0.15) is 0 Å². The van der Waals surface area contributed by atoms with Crippen LogP contribution in [-0.2, 0) is 0 Å². The molecule has 0 amide bonds. The maximum absolute atomic E-state index is 6.96. The first-order valence-corrected chi connectivity index (χ1v) is 16.5.